The Morgan fingerprint density at radius 1 is 1.27 bits per heavy atom. The molecular weight excluding hydrogens is 342 g/mol. The van der Waals surface area contributed by atoms with Crippen LogP contribution in [0.25, 0.3) is 0 Å². The van der Waals surface area contributed by atoms with E-state index in [1.54, 1.807) is 26.8 Å². The molecule has 2 heterocycles. The van der Waals surface area contributed by atoms with Gasteiger partial charge in [0.1, 0.15) is 5.69 Å². The van der Waals surface area contributed by atoms with E-state index in [4.69, 9.17) is 9.47 Å². The van der Waals surface area contributed by atoms with E-state index in [-0.39, 0.29) is 17.0 Å². The molecule has 2 aromatic rings. The van der Waals surface area contributed by atoms with Crippen LogP contribution in [0.3, 0.4) is 0 Å². The second-order valence-electron chi connectivity index (χ2n) is 5.77. The Hall–Kier alpha value is -3.23. The average molecular weight is 361 g/mol. The number of hydrogen-bond donors (Lipinski definition) is 1. The minimum Gasteiger partial charge on any atom is -0.474 e. The van der Waals surface area contributed by atoms with Gasteiger partial charge in [-0.25, -0.2) is 4.79 Å². The molecule has 2 aromatic heterocycles. The van der Waals surface area contributed by atoms with Crippen LogP contribution in [0.4, 0.5) is 5.82 Å². The van der Waals surface area contributed by atoms with Gasteiger partial charge in [0.15, 0.2) is 6.10 Å². The third-order valence-electron chi connectivity index (χ3n) is 3.90. The summed E-state index contributed by atoms with van der Waals surface area (Å²) in [6, 6.07) is 2.95. The Morgan fingerprint density at radius 3 is 2.50 bits per heavy atom. The number of H-pyrrole nitrogens is 1. The van der Waals surface area contributed by atoms with Crippen LogP contribution in [0.5, 0.6) is 5.75 Å². The summed E-state index contributed by atoms with van der Waals surface area (Å²) in [6.07, 6.45) is -1.03. The molecule has 0 aliphatic heterocycles. The molecule has 1 N–H and O–H groups in total. The number of aryl methyl sites for hydroxylation is 2. The molecule has 0 saturated heterocycles. The molecule has 1 atom stereocenters. The summed E-state index contributed by atoms with van der Waals surface area (Å²) in [7, 11) is 1.25. The molecule has 0 aliphatic carbocycles. The van der Waals surface area contributed by atoms with Crippen LogP contribution in [-0.4, -0.2) is 39.9 Å². The number of esters is 1. The lowest BCUT2D eigenvalue weighted by Gasteiger charge is -2.13. The van der Waals surface area contributed by atoms with Crippen molar-refractivity contribution in [1.82, 2.24) is 9.97 Å². The molecule has 0 bridgehead atoms. The zero-order valence-corrected chi connectivity index (χ0v) is 15.1. The number of carbonyl (C=O) groups is 2. The molecule has 0 unspecified atom stereocenters. The maximum atomic E-state index is 12.7. The second kappa shape index (κ2) is 7.34. The lowest BCUT2D eigenvalue weighted by atomic mass is 10.1. The van der Waals surface area contributed by atoms with Crippen molar-refractivity contribution in [3.05, 3.63) is 50.5 Å². The van der Waals surface area contributed by atoms with Crippen molar-refractivity contribution in [2.45, 2.75) is 33.8 Å². The molecule has 9 heteroatoms. The summed E-state index contributed by atoms with van der Waals surface area (Å²) in [4.78, 5) is 41.7. The first kappa shape index (κ1) is 19.1. The first-order chi connectivity index (χ1) is 12.2. The molecule has 0 saturated carbocycles. The third-order valence-corrected chi connectivity index (χ3v) is 3.90. The number of nitrogens with zero attached hydrogens (tertiary/aromatic N) is 2. The topological polar surface area (TPSA) is 124 Å². The van der Waals surface area contributed by atoms with E-state index in [1.807, 2.05) is 0 Å². The minimum absolute atomic E-state index is 0.101. The maximum absolute atomic E-state index is 12.7. The summed E-state index contributed by atoms with van der Waals surface area (Å²) in [5.41, 5.74) is 1.87. The number of nitrogens with one attached hydrogen (secondary N) is 1. The predicted molar refractivity (Wildman–Crippen MR) is 91.7 cm³/mol. The molecule has 9 nitrogen and oxygen atoms in total. The summed E-state index contributed by atoms with van der Waals surface area (Å²) in [5, 5.41) is 11.1. The Kier molecular flexibility index (Phi) is 5.39. The number of rotatable bonds is 6. The first-order valence-corrected chi connectivity index (χ1v) is 7.77. The van der Waals surface area contributed by atoms with E-state index in [2.05, 4.69) is 9.97 Å². The first-order valence-electron chi connectivity index (χ1n) is 7.77. The lowest BCUT2D eigenvalue weighted by molar-refractivity contribution is -0.390. The summed E-state index contributed by atoms with van der Waals surface area (Å²) in [6.45, 7) is 6.35. The van der Waals surface area contributed by atoms with Gasteiger partial charge in [0.25, 0.3) is 0 Å². The number of aromatic nitrogens is 2. The van der Waals surface area contributed by atoms with Crippen LogP contribution in [0.15, 0.2) is 12.1 Å². The number of nitro groups is 1. The van der Waals surface area contributed by atoms with Crippen molar-refractivity contribution in [3.8, 4) is 5.75 Å². The standard InChI is InChI=1S/C17H19N3O6/c1-8-6-7-12(16(18-8)20(23)24)26-11(4)15(21)14-9(2)13(10(3)19-14)17(22)25-5/h6-7,11,19H,1-5H3/t11-/m1/s1. The van der Waals surface area contributed by atoms with Crippen LogP contribution in [0.2, 0.25) is 0 Å². The van der Waals surface area contributed by atoms with Gasteiger partial charge >= 0.3 is 11.8 Å². The number of Topliss-reactive ketones (excluding diaryl/α,β-unsaturated/α-hetero) is 1. The van der Waals surface area contributed by atoms with Crippen molar-refractivity contribution < 1.29 is 24.0 Å². The third kappa shape index (κ3) is 3.56. The fourth-order valence-corrected chi connectivity index (χ4v) is 2.60. The highest BCUT2D eigenvalue weighted by molar-refractivity contribution is 6.03. The van der Waals surface area contributed by atoms with Crippen molar-refractivity contribution in [3.63, 3.8) is 0 Å². The summed E-state index contributed by atoms with van der Waals surface area (Å²) in [5.74, 6) is -1.56. The van der Waals surface area contributed by atoms with Gasteiger partial charge in [-0.2, -0.15) is 0 Å². The van der Waals surface area contributed by atoms with Crippen molar-refractivity contribution in [2.24, 2.45) is 0 Å². The molecule has 0 amide bonds. The van der Waals surface area contributed by atoms with Crippen molar-refractivity contribution in [2.75, 3.05) is 7.11 Å². The molecule has 2 rings (SSSR count). The van der Waals surface area contributed by atoms with Crippen molar-refractivity contribution in [1.29, 1.82) is 0 Å². The van der Waals surface area contributed by atoms with Gasteiger partial charge in [0.05, 0.1) is 18.4 Å². The molecule has 0 radical (unpaired) electrons. The molecule has 0 aromatic carbocycles. The van der Waals surface area contributed by atoms with Crippen molar-refractivity contribution >= 4 is 17.6 Å². The van der Waals surface area contributed by atoms with Gasteiger partial charge in [-0.15, -0.1) is 0 Å². The SMILES string of the molecule is COC(=O)c1c(C)[nH]c(C(=O)[C@@H](C)Oc2ccc(C)nc2[N+](=O)[O-])c1C. The predicted octanol–water partition coefficient (Wildman–Crippen LogP) is 2.68. The zero-order chi connectivity index (χ0) is 19.6. The van der Waals surface area contributed by atoms with Gasteiger partial charge in [0, 0.05) is 12.6 Å². The van der Waals surface area contributed by atoms with Gasteiger partial charge < -0.3 is 24.6 Å². The number of aromatic amines is 1. The molecule has 138 valence electrons. The van der Waals surface area contributed by atoms with Crippen LogP contribution >= 0.6 is 0 Å². The number of ether oxygens (including phenoxy) is 2. The number of hydrogen-bond acceptors (Lipinski definition) is 7. The normalized spacial score (nSPS) is 11.7. The monoisotopic (exact) mass is 361 g/mol. The van der Waals surface area contributed by atoms with E-state index in [0.717, 1.165) is 0 Å². The number of ketones is 1. The Morgan fingerprint density at radius 2 is 1.92 bits per heavy atom. The quantitative estimate of drug-likeness (QED) is 0.363. The molecule has 0 fully saturated rings. The smallest absolute Gasteiger partial charge is 0.406 e. The number of pyridine rings is 1. The van der Waals surface area contributed by atoms with Gasteiger partial charge in [0.2, 0.25) is 11.5 Å². The Balaban J connectivity index is 2.32. The fraction of sp³-hybridized carbons (Fsp3) is 0.353. The molecule has 26 heavy (non-hydrogen) atoms. The molecule has 0 spiro atoms. The minimum atomic E-state index is -1.03. The van der Waals surface area contributed by atoms with E-state index in [1.165, 1.54) is 20.1 Å². The largest absolute Gasteiger partial charge is 0.474 e. The summed E-state index contributed by atoms with van der Waals surface area (Å²) < 4.78 is 10.2. The number of carbonyl (C=O) groups excluding carboxylic acids is 2. The van der Waals surface area contributed by atoms with E-state index < -0.39 is 28.6 Å². The molecule has 0 aliphatic rings. The zero-order valence-electron chi connectivity index (χ0n) is 15.1. The maximum Gasteiger partial charge on any atom is 0.406 e. The Bertz CT molecular complexity index is 887. The highest BCUT2D eigenvalue weighted by atomic mass is 16.6. The second-order valence-corrected chi connectivity index (χ2v) is 5.77. The van der Waals surface area contributed by atoms with Crippen LogP contribution < -0.4 is 4.74 Å². The van der Waals surface area contributed by atoms with Gasteiger partial charge in [-0.1, -0.05) is 0 Å². The summed E-state index contributed by atoms with van der Waals surface area (Å²) >= 11 is 0. The van der Waals surface area contributed by atoms with Crippen LogP contribution in [0.1, 0.15) is 44.7 Å². The van der Waals surface area contributed by atoms with E-state index in [9.17, 15) is 19.7 Å². The average Bonchev–Trinajstić information content (AvgIpc) is 2.89. The van der Waals surface area contributed by atoms with Gasteiger partial charge in [-0.3, -0.25) is 4.79 Å². The van der Waals surface area contributed by atoms with Gasteiger partial charge in [-0.05, 0) is 48.4 Å². The highest BCUT2D eigenvalue weighted by Gasteiger charge is 2.28. The Labute approximate surface area is 149 Å². The van der Waals surface area contributed by atoms with E-state index >= 15 is 0 Å². The number of methoxy groups -OCH3 is 1. The molecular formula is C17H19N3O6. The lowest BCUT2D eigenvalue weighted by Crippen LogP contribution is -2.25. The van der Waals surface area contributed by atoms with E-state index in [0.29, 0.717) is 17.0 Å². The van der Waals surface area contributed by atoms with Crippen LogP contribution in [-0.2, 0) is 4.74 Å². The highest BCUT2D eigenvalue weighted by Crippen LogP contribution is 2.27. The van der Waals surface area contributed by atoms with Crippen LogP contribution in [0, 0.1) is 30.9 Å². The fourth-order valence-electron chi connectivity index (χ4n) is 2.60.